The summed E-state index contributed by atoms with van der Waals surface area (Å²) in [6.45, 7) is 6.17. The van der Waals surface area contributed by atoms with Crippen molar-refractivity contribution in [1.29, 1.82) is 0 Å². The summed E-state index contributed by atoms with van der Waals surface area (Å²) in [4.78, 5) is 0. The van der Waals surface area contributed by atoms with Crippen LogP contribution in [0.25, 0.3) is 11.4 Å². The Morgan fingerprint density at radius 2 is 2.15 bits per heavy atom. The molecule has 2 N–H and O–H groups in total. The highest BCUT2D eigenvalue weighted by Crippen LogP contribution is 2.24. The molecule has 0 fully saturated rings. The van der Waals surface area contributed by atoms with E-state index in [1.807, 2.05) is 18.2 Å². The topological polar surface area (TPSA) is 78.8 Å². The highest BCUT2D eigenvalue weighted by atomic mass is 79.9. The van der Waals surface area contributed by atoms with Gasteiger partial charge in [-0.2, -0.15) is 0 Å². The van der Waals surface area contributed by atoms with Crippen molar-refractivity contribution >= 4 is 21.6 Å². The molecular formula is C13H18BrN5O. The minimum absolute atomic E-state index is 0.521. The van der Waals surface area contributed by atoms with E-state index in [9.17, 15) is 0 Å². The van der Waals surface area contributed by atoms with Crippen molar-refractivity contribution in [3.8, 4) is 11.4 Å². The van der Waals surface area contributed by atoms with Gasteiger partial charge in [0.2, 0.25) is 0 Å². The molecule has 0 unspecified atom stereocenters. The van der Waals surface area contributed by atoms with E-state index in [2.05, 4.69) is 45.3 Å². The summed E-state index contributed by atoms with van der Waals surface area (Å²) in [5.74, 6) is 1.21. The quantitative estimate of drug-likeness (QED) is 0.645. The van der Waals surface area contributed by atoms with Gasteiger partial charge in [0.25, 0.3) is 0 Å². The molecule has 0 amide bonds. The van der Waals surface area contributed by atoms with E-state index in [0.717, 1.165) is 16.6 Å². The third-order valence-corrected chi connectivity index (χ3v) is 3.07. The number of hydrogen-bond donors (Lipinski definition) is 1. The first-order valence-corrected chi connectivity index (χ1v) is 7.26. The molecule has 7 heteroatoms. The summed E-state index contributed by atoms with van der Waals surface area (Å²) in [6.07, 6.45) is 0. The standard InChI is InChI=1S/C13H18BrN5O/c1-9(2)8-20-4-3-19-13(16-17-18-19)10-5-11(14)7-12(15)6-10/h5-7,9H,3-4,8,15H2,1-2H3. The van der Waals surface area contributed by atoms with Gasteiger partial charge in [-0.1, -0.05) is 29.8 Å². The van der Waals surface area contributed by atoms with Gasteiger partial charge in [-0.05, 0) is 34.5 Å². The number of benzene rings is 1. The Bertz CT molecular complexity index is 549. The normalized spacial score (nSPS) is 11.2. The highest BCUT2D eigenvalue weighted by Gasteiger charge is 2.10. The number of rotatable bonds is 6. The predicted octanol–water partition coefficient (Wildman–Crippen LogP) is 2.36. The lowest BCUT2D eigenvalue weighted by Gasteiger charge is -2.08. The number of aromatic nitrogens is 4. The average Bonchev–Trinajstić information content (AvgIpc) is 2.81. The molecule has 2 aromatic rings. The molecule has 0 saturated carbocycles. The molecule has 1 heterocycles. The van der Waals surface area contributed by atoms with Gasteiger partial charge < -0.3 is 10.5 Å². The molecule has 0 bridgehead atoms. The summed E-state index contributed by atoms with van der Waals surface area (Å²) in [6, 6.07) is 5.62. The van der Waals surface area contributed by atoms with Gasteiger partial charge in [-0.25, -0.2) is 4.68 Å². The number of nitrogen functional groups attached to an aromatic ring is 1. The fraction of sp³-hybridized carbons (Fsp3) is 0.462. The molecule has 1 aromatic heterocycles. The van der Waals surface area contributed by atoms with Crippen molar-refractivity contribution in [3.63, 3.8) is 0 Å². The molecule has 1 aromatic carbocycles. The van der Waals surface area contributed by atoms with E-state index >= 15 is 0 Å². The Morgan fingerprint density at radius 3 is 2.85 bits per heavy atom. The molecule has 0 atom stereocenters. The number of nitrogens with two attached hydrogens (primary N) is 1. The number of halogens is 1. The van der Waals surface area contributed by atoms with E-state index in [1.54, 1.807) is 4.68 Å². The smallest absolute Gasteiger partial charge is 0.182 e. The lowest BCUT2D eigenvalue weighted by Crippen LogP contribution is -2.11. The third-order valence-electron chi connectivity index (χ3n) is 2.61. The zero-order valence-corrected chi connectivity index (χ0v) is 13.2. The lowest BCUT2D eigenvalue weighted by atomic mass is 10.2. The largest absolute Gasteiger partial charge is 0.399 e. The Balaban J connectivity index is 2.08. The van der Waals surface area contributed by atoms with Gasteiger partial charge in [0.1, 0.15) is 0 Å². The van der Waals surface area contributed by atoms with Crippen molar-refractivity contribution < 1.29 is 4.74 Å². The van der Waals surface area contributed by atoms with Gasteiger partial charge in [0.05, 0.1) is 13.2 Å². The maximum Gasteiger partial charge on any atom is 0.182 e. The fourth-order valence-corrected chi connectivity index (χ4v) is 2.28. The summed E-state index contributed by atoms with van der Waals surface area (Å²) >= 11 is 3.42. The van der Waals surface area contributed by atoms with Crippen LogP contribution in [0.5, 0.6) is 0 Å². The van der Waals surface area contributed by atoms with Crippen molar-refractivity contribution in [3.05, 3.63) is 22.7 Å². The fourth-order valence-electron chi connectivity index (χ4n) is 1.77. The minimum atomic E-state index is 0.521. The number of ether oxygens (including phenoxy) is 1. The number of nitrogens with zero attached hydrogens (tertiary/aromatic N) is 4. The molecular weight excluding hydrogens is 322 g/mol. The van der Waals surface area contributed by atoms with Gasteiger partial charge in [0, 0.05) is 22.3 Å². The summed E-state index contributed by atoms with van der Waals surface area (Å²) in [5.41, 5.74) is 7.38. The maximum absolute atomic E-state index is 5.84. The second-order valence-corrected chi connectivity index (χ2v) is 5.88. The van der Waals surface area contributed by atoms with Crippen LogP contribution in [0.3, 0.4) is 0 Å². The molecule has 108 valence electrons. The highest BCUT2D eigenvalue weighted by molar-refractivity contribution is 9.10. The molecule has 0 aliphatic carbocycles. The van der Waals surface area contributed by atoms with E-state index in [4.69, 9.17) is 10.5 Å². The molecule has 0 spiro atoms. The van der Waals surface area contributed by atoms with Crippen LogP contribution in [-0.4, -0.2) is 33.4 Å². The van der Waals surface area contributed by atoms with Gasteiger partial charge >= 0.3 is 0 Å². The van der Waals surface area contributed by atoms with Crippen molar-refractivity contribution in [2.24, 2.45) is 5.92 Å². The molecule has 0 saturated heterocycles. The molecule has 20 heavy (non-hydrogen) atoms. The van der Waals surface area contributed by atoms with Crippen molar-refractivity contribution in [2.75, 3.05) is 18.9 Å². The lowest BCUT2D eigenvalue weighted by molar-refractivity contribution is 0.101. The monoisotopic (exact) mass is 339 g/mol. The Labute approximate surface area is 126 Å². The van der Waals surface area contributed by atoms with Crippen LogP contribution in [0.2, 0.25) is 0 Å². The molecule has 2 rings (SSSR count). The first-order valence-electron chi connectivity index (χ1n) is 6.46. The minimum Gasteiger partial charge on any atom is -0.399 e. The van der Waals surface area contributed by atoms with Crippen LogP contribution in [0.4, 0.5) is 5.69 Å². The zero-order valence-electron chi connectivity index (χ0n) is 11.6. The van der Waals surface area contributed by atoms with Gasteiger partial charge in [-0.15, -0.1) is 5.10 Å². The van der Waals surface area contributed by atoms with E-state index in [-0.39, 0.29) is 0 Å². The average molecular weight is 340 g/mol. The van der Waals surface area contributed by atoms with Crippen LogP contribution < -0.4 is 5.73 Å². The Morgan fingerprint density at radius 1 is 1.35 bits per heavy atom. The van der Waals surface area contributed by atoms with Crippen LogP contribution in [-0.2, 0) is 11.3 Å². The Hall–Kier alpha value is -1.47. The van der Waals surface area contributed by atoms with Crippen LogP contribution in [0, 0.1) is 5.92 Å². The van der Waals surface area contributed by atoms with E-state index in [0.29, 0.717) is 30.6 Å². The molecule has 0 radical (unpaired) electrons. The van der Waals surface area contributed by atoms with Gasteiger partial charge in [-0.3, -0.25) is 0 Å². The van der Waals surface area contributed by atoms with Crippen LogP contribution in [0.15, 0.2) is 22.7 Å². The first kappa shape index (κ1) is 14.9. The third kappa shape index (κ3) is 4.01. The summed E-state index contributed by atoms with van der Waals surface area (Å²) in [7, 11) is 0. The molecule has 6 nitrogen and oxygen atoms in total. The van der Waals surface area contributed by atoms with Gasteiger partial charge in [0.15, 0.2) is 5.82 Å². The van der Waals surface area contributed by atoms with E-state index < -0.39 is 0 Å². The first-order chi connectivity index (χ1) is 9.56. The Kier molecular flexibility index (Phi) is 5.08. The number of anilines is 1. The zero-order chi connectivity index (χ0) is 14.5. The SMILES string of the molecule is CC(C)COCCn1nnnc1-c1cc(N)cc(Br)c1. The van der Waals surface area contributed by atoms with E-state index in [1.165, 1.54) is 0 Å². The summed E-state index contributed by atoms with van der Waals surface area (Å²) in [5, 5.41) is 11.8. The molecule has 0 aliphatic rings. The van der Waals surface area contributed by atoms with Crippen LogP contribution in [0.1, 0.15) is 13.8 Å². The number of tetrazole rings is 1. The second kappa shape index (κ2) is 6.81. The maximum atomic E-state index is 5.84. The second-order valence-electron chi connectivity index (χ2n) is 4.97. The molecule has 0 aliphatic heterocycles. The van der Waals surface area contributed by atoms with Crippen molar-refractivity contribution in [1.82, 2.24) is 20.2 Å². The predicted molar refractivity (Wildman–Crippen MR) is 81.0 cm³/mol. The number of hydrogen-bond acceptors (Lipinski definition) is 5. The summed E-state index contributed by atoms with van der Waals surface area (Å²) < 4.78 is 8.18. The van der Waals surface area contributed by atoms with Crippen LogP contribution >= 0.6 is 15.9 Å². The van der Waals surface area contributed by atoms with Crippen molar-refractivity contribution in [2.45, 2.75) is 20.4 Å².